The Morgan fingerprint density at radius 3 is 1.03 bits per heavy atom. The summed E-state index contributed by atoms with van der Waals surface area (Å²) in [5.41, 5.74) is -1.41. The van der Waals surface area contributed by atoms with Gasteiger partial charge in [0.15, 0.2) is 17.5 Å². The molecule has 6 heterocycles. The first-order chi connectivity index (χ1) is 56.5. The molecular weight excluding hydrogens is 1760 g/mol. The van der Waals surface area contributed by atoms with Crippen molar-refractivity contribution in [3.05, 3.63) is 316 Å². The molecule has 0 bridgehead atoms. The van der Waals surface area contributed by atoms with Crippen molar-refractivity contribution >= 4 is 191 Å². The van der Waals surface area contributed by atoms with Crippen LogP contribution in [0.1, 0.15) is 95.2 Å². The number of carbonyl (C=O) groups excluding carboxylic acids is 5. The van der Waals surface area contributed by atoms with E-state index < -0.39 is 140 Å². The second kappa shape index (κ2) is 36.3. The molecular formula is C82H56Cl7F6N9O12S3. The summed E-state index contributed by atoms with van der Waals surface area (Å²) < 4.78 is 172. The van der Waals surface area contributed by atoms with Crippen molar-refractivity contribution in [3.63, 3.8) is 0 Å². The molecule has 0 aliphatic rings. The van der Waals surface area contributed by atoms with E-state index >= 15 is 22.0 Å². The van der Waals surface area contributed by atoms with Gasteiger partial charge in [0.2, 0.25) is 47.4 Å². The van der Waals surface area contributed by atoms with Crippen molar-refractivity contribution in [3.8, 4) is 33.4 Å². The summed E-state index contributed by atoms with van der Waals surface area (Å²) >= 11 is 43.0. The molecule has 14 rings (SSSR count). The number of hydrogen-bond donors (Lipinski definition) is 5. The zero-order valence-corrected chi connectivity index (χ0v) is 68.8. The Kier molecular flexibility index (Phi) is 26.6. The van der Waals surface area contributed by atoms with Gasteiger partial charge in [-0.3, -0.25) is 47.3 Å². The Morgan fingerprint density at radius 2 is 0.706 bits per heavy atom. The molecule has 610 valence electrons. The van der Waals surface area contributed by atoms with Crippen LogP contribution in [0.3, 0.4) is 0 Å². The SMILES string of the molecule is CCCS(=O)(=O)Nc1ccc(F)c(C(=O)c2cn(C(=O)c3c(Cl)cccc3Cl)c3ncc(-c4ccc(Cl)cc4)cc23)c1F.CCCS(=O)(=O)Nc1ccc(F)c(C(=O)c2cn(C(=O)c3c(Cl)cccc3Cl)c3ncc(-c4ccc(Cl)cc4)cc23)c1F.O=C(c1c(F)ccc(NS(=O)(=O)CCO)c1F)c1c[nH]c2ncc(-c3ccc(Cl)cc3)cc12. The summed E-state index contributed by atoms with van der Waals surface area (Å²) in [4.78, 5) is 84.1. The topological polar surface area (TPSA) is 308 Å². The average Bonchev–Trinajstić information content (AvgIpc) is 1.61. The smallest absolute Gasteiger partial charge is 0.266 e. The van der Waals surface area contributed by atoms with Crippen LogP contribution in [0.4, 0.5) is 43.4 Å². The molecule has 8 aromatic carbocycles. The standard InChI is InChI=1S/2C30H20Cl3F2N3O4S.C22H16ClF2N3O4S/c2*1-2-12-43(41,42)37-24-11-10-23(34)26(27(24)35)28(39)20-15-38(30(40)25-21(32)4-3-5-22(25)33)29-19(20)13-17(14-36-29)16-6-8-18(31)9-7-16;23-14-3-1-12(2-4-14)13-9-15-16(11-27-22(15)26-10-13)21(30)19-17(24)5-6-18(20(19)25)28-33(31,32)8-7-29/h2*3-11,13-15,37H,2,12H2,1H3;1-6,9-11,28-29H,7-8H2,(H,26,27). The van der Waals surface area contributed by atoms with Crippen molar-refractivity contribution in [1.82, 2.24) is 29.1 Å². The zero-order chi connectivity index (χ0) is 85.9. The first kappa shape index (κ1) is 87.3. The number of anilines is 3. The van der Waals surface area contributed by atoms with E-state index in [1.54, 1.807) is 123 Å². The van der Waals surface area contributed by atoms with Gasteiger partial charge in [-0.1, -0.05) is 144 Å². The normalized spacial score (nSPS) is 11.6. The van der Waals surface area contributed by atoms with Crippen LogP contribution in [0, 0.1) is 34.9 Å². The molecule has 0 saturated heterocycles. The van der Waals surface area contributed by atoms with Gasteiger partial charge in [0.05, 0.1) is 100.0 Å². The number of sulfonamides is 3. The monoisotopic (exact) mass is 1810 g/mol. The van der Waals surface area contributed by atoms with Crippen molar-refractivity contribution in [2.75, 3.05) is 38.0 Å². The van der Waals surface area contributed by atoms with Crippen LogP contribution in [0.15, 0.2) is 201 Å². The molecule has 0 atom stereocenters. The van der Waals surface area contributed by atoms with E-state index in [4.69, 9.17) is 86.3 Å². The number of nitrogens with zero attached hydrogens (tertiary/aromatic N) is 5. The van der Waals surface area contributed by atoms with Crippen LogP contribution >= 0.6 is 81.2 Å². The molecule has 0 saturated carbocycles. The third-order valence-electron chi connectivity index (χ3n) is 17.9. The molecule has 21 nitrogen and oxygen atoms in total. The number of hydrogen-bond acceptors (Lipinski definition) is 15. The lowest BCUT2D eigenvalue weighted by Crippen LogP contribution is -2.20. The van der Waals surface area contributed by atoms with Crippen LogP contribution in [-0.2, 0) is 30.1 Å². The number of aliphatic hydroxyl groups excluding tert-OH is 1. The van der Waals surface area contributed by atoms with Gasteiger partial charge in [-0.2, -0.15) is 0 Å². The Morgan fingerprint density at radius 1 is 0.395 bits per heavy atom. The molecule has 6 aromatic heterocycles. The maximum Gasteiger partial charge on any atom is 0.266 e. The Bertz CT molecular complexity index is 6480. The van der Waals surface area contributed by atoms with Crippen LogP contribution in [0.2, 0.25) is 35.2 Å². The van der Waals surface area contributed by atoms with Crippen LogP contribution in [0.25, 0.3) is 66.5 Å². The Hall–Kier alpha value is -11.0. The number of nitrogens with one attached hydrogen (secondary N) is 4. The van der Waals surface area contributed by atoms with Gasteiger partial charge in [-0.25, -0.2) is 66.5 Å². The number of H-pyrrole nitrogens is 1. The summed E-state index contributed by atoms with van der Waals surface area (Å²) in [5.74, 6) is -13.9. The molecule has 5 N–H and O–H groups in total. The lowest BCUT2D eigenvalue weighted by atomic mass is 10.00. The molecule has 0 amide bonds. The van der Waals surface area contributed by atoms with Gasteiger partial charge in [-0.15, -0.1) is 0 Å². The predicted molar refractivity (Wildman–Crippen MR) is 449 cm³/mol. The molecule has 37 heteroatoms. The van der Waals surface area contributed by atoms with E-state index in [2.05, 4.69) is 29.4 Å². The second-order valence-corrected chi connectivity index (χ2v) is 34.5. The molecule has 0 fully saturated rings. The number of halogens is 13. The minimum Gasteiger partial charge on any atom is -0.395 e. The van der Waals surface area contributed by atoms with Crippen LogP contribution in [-0.4, -0.2) is 112 Å². The summed E-state index contributed by atoms with van der Waals surface area (Å²) in [6, 6.07) is 39.0. The van der Waals surface area contributed by atoms with Crippen molar-refractivity contribution in [1.29, 1.82) is 0 Å². The third kappa shape index (κ3) is 19.0. The number of aromatic nitrogens is 6. The summed E-state index contributed by atoms with van der Waals surface area (Å²) in [7, 11) is -12.0. The van der Waals surface area contributed by atoms with E-state index in [0.29, 0.717) is 53.9 Å². The van der Waals surface area contributed by atoms with E-state index in [0.717, 1.165) is 63.5 Å². The van der Waals surface area contributed by atoms with Gasteiger partial charge < -0.3 is 10.1 Å². The van der Waals surface area contributed by atoms with Gasteiger partial charge >= 0.3 is 0 Å². The zero-order valence-electron chi connectivity index (χ0n) is 61.1. The molecule has 14 aromatic rings. The molecule has 0 aliphatic heterocycles. The van der Waals surface area contributed by atoms with Gasteiger partial charge in [-0.05, 0) is 145 Å². The van der Waals surface area contributed by atoms with E-state index in [-0.39, 0.29) is 94.3 Å². The predicted octanol–water partition coefficient (Wildman–Crippen LogP) is 20.2. The Labute approximate surface area is 708 Å². The fourth-order valence-corrected chi connectivity index (χ4v) is 17.0. The minimum absolute atomic E-state index is 0.0114. The largest absolute Gasteiger partial charge is 0.395 e. The van der Waals surface area contributed by atoms with Gasteiger partial charge in [0.25, 0.3) is 11.8 Å². The summed E-state index contributed by atoms with van der Waals surface area (Å²) in [6.07, 6.45) is 8.47. The summed E-state index contributed by atoms with van der Waals surface area (Å²) in [5, 5.41) is 11.0. The number of aromatic amines is 1. The fourth-order valence-electron chi connectivity index (χ4n) is 12.4. The minimum atomic E-state index is -4.09. The highest BCUT2D eigenvalue weighted by molar-refractivity contribution is 7.93. The molecule has 0 unspecified atom stereocenters. The first-order valence-corrected chi connectivity index (χ1v) is 42.6. The number of rotatable bonds is 23. The number of benzene rings is 8. The van der Waals surface area contributed by atoms with Crippen molar-refractivity contribution in [2.45, 2.75) is 26.7 Å². The number of fused-ring (bicyclic) bond motifs is 3. The van der Waals surface area contributed by atoms with Gasteiger partial charge in [0.1, 0.15) is 34.4 Å². The highest BCUT2D eigenvalue weighted by Gasteiger charge is 2.33. The number of carbonyl (C=O) groups is 5. The number of ketones is 3. The second-order valence-electron chi connectivity index (χ2n) is 26.0. The maximum atomic E-state index is 15.6. The van der Waals surface area contributed by atoms with Crippen LogP contribution < -0.4 is 14.2 Å². The van der Waals surface area contributed by atoms with Gasteiger partial charge in [0, 0.05) is 90.7 Å². The maximum absolute atomic E-state index is 15.6. The number of pyridine rings is 3. The molecule has 0 aliphatic carbocycles. The molecule has 0 spiro atoms. The highest BCUT2D eigenvalue weighted by Crippen LogP contribution is 2.38. The quantitative estimate of drug-likeness (QED) is 0.0294. The Balaban J connectivity index is 0.000000166. The lowest BCUT2D eigenvalue weighted by molar-refractivity contribution is 0.0955. The van der Waals surface area contributed by atoms with Crippen LogP contribution in [0.5, 0.6) is 0 Å². The fraction of sp³-hybridized carbons (Fsp3) is 0.0976. The van der Waals surface area contributed by atoms with E-state index in [9.17, 15) is 53.6 Å². The molecule has 0 radical (unpaired) electrons. The number of aliphatic hydroxyl groups is 1. The van der Waals surface area contributed by atoms with Crippen molar-refractivity contribution < 1.29 is 80.7 Å². The lowest BCUT2D eigenvalue weighted by Gasteiger charge is -2.11. The van der Waals surface area contributed by atoms with E-state index in [1.807, 2.05) is 4.72 Å². The summed E-state index contributed by atoms with van der Waals surface area (Å²) in [6.45, 7) is 2.55. The van der Waals surface area contributed by atoms with E-state index in [1.165, 1.54) is 42.9 Å². The average molecular weight is 1820 g/mol. The highest BCUT2D eigenvalue weighted by atomic mass is 35.5. The van der Waals surface area contributed by atoms with Crippen molar-refractivity contribution in [2.24, 2.45) is 0 Å². The first-order valence-electron chi connectivity index (χ1n) is 35.0. The molecule has 119 heavy (non-hydrogen) atoms. The third-order valence-corrected chi connectivity index (χ3v) is 24.2.